The molecule has 2 rings (SSSR count). The summed E-state index contributed by atoms with van der Waals surface area (Å²) in [5.74, 6) is -0.429. The zero-order valence-electron chi connectivity index (χ0n) is 11.9. The Kier molecular flexibility index (Phi) is 4.97. The van der Waals surface area contributed by atoms with E-state index in [2.05, 4.69) is 10.3 Å². The highest BCUT2D eigenvalue weighted by molar-refractivity contribution is 5.88. The number of nitrogens with zero attached hydrogens (tertiary/aromatic N) is 2. The monoisotopic (exact) mass is 293 g/mol. The van der Waals surface area contributed by atoms with E-state index < -0.39 is 5.97 Å². The van der Waals surface area contributed by atoms with E-state index in [0.29, 0.717) is 25.5 Å². The molecule has 0 unspecified atom stereocenters. The van der Waals surface area contributed by atoms with Crippen molar-refractivity contribution in [2.45, 2.75) is 25.8 Å². The molecule has 1 amide bonds. The molecule has 21 heavy (non-hydrogen) atoms. The van der Waals surface area contributed by atoms with Crippen LogP contribution in [0.25, 0.3) is 0 Å². The first-order chi connectivity index (χ1) is 10.1. The fraction of sp³-hybridized carbons (Fsp3) is 0.500. The summed E-state index contributed by atoms with van der Waals surface area (Å²) in [6, 6.07) is 3.14. The summed E-state index contributed by atoms with van der Waals surface area (Å²) >= 11 is 0. The molecule has 0 atom stereocenters. The number of hydrogen-bond acceptors (Lipinski definition) is 5. The van der Waals surface area contributed by atoms with Crippen LogP contribution in [0, 0.1) is 0 Å². The van der Waals surface area contributed by atoms with Gasteiger partial charge in [-0.05, 0) is 31.9 Å². The fourth-order valence-electron chi connectivity index (χ4n) is 2.27. The molecule has 7 nitrogen and oxygen atoms in total. The Hall–Kier alpha value is -2.31. The van der Waals surface area contributed by atoms with Crippen molar-refractivity contribution in [1.82, 2.24) is 9.88 Å². The second-order valence-corrected chi connectivity index (χ2v) is 4.84. The SMILES string of the molecule is CCOC(=O)N1CCC(Nc2cc(C(=O)O)ccn2)CC1. The maximum absolute atomic E-state index is 11.6. The van der Waals surface area contributed by atoms with E-state index in [0.717, 1.165) is 12.8 Å². The third kappa shape index (κ3) is 4.08. The summed E-state index contributed by atoms with van der Waals surface area (Å²) in [6.45, 7) is 3.40. The van der Waals surface area contributed by atoms with Crippen LogP contribution >= 0.6 is 0 Å². The highest BCUT2D eigenvalue weighted by atomic mass is 16.6. The van der Waals surface area contributed by atoms with Crippen LogP contribution in [0.2, 0.25) is 0 Å². The zero-order chi connectivity index (χ0) is 15.2. The van der Waals surface area contributed by atoms with Crippen LogP contribution in [0.4, 0.5) is 10.6 Å². The molecule has 0 spiro atoms. The summed E-state index contributed by atoms with van der Waals surface area (Å²) in [5.41, 5.74) is 0.205. The van der Waals surface area contributed by atoms with Gasteiger partial charge in [0.1, 0.15) is 5.82 Å². The normalized spacial score (nSPS) is 15.6. The largest absolute Gasteiger partial charge is 0.478 e. The lowest BCUT2D eigenvalue weighted by atomic mass is 10.1. The topological polar surface area (TPSA) is 91.8 Å². The molecule has 0 bridgehead atoms. The number of aromatic nitrogens is 1. The predicted molar refractivity (Wildman–Crippen MR) is 76.4 cm³/mol. The van der Waals surface area contributed by atoms with Crippen molar-refractivity contribution >= 4 is 17.9 Å². The number of carbonyl (C=O) groups excluding carboxylic acids is 1. The first-order valence-corrected chi connectivity index (χ1v) is 6.97. The smallest absolute Gasteiger partial charge is 0.409 e. The first kappa shape index (κ1) is 15.1. The van der Waals surface area contributed by atoms with Crippen molar-refractivity contribution in [3.63, 3.8) is 0 Å². The van der Waals surface area contributed by atoms with Gasteiger partial charge < -0.3 is 20.1 Å². The lowest BCUT2D eigenvalue weighted by molar-refractivity contribution is 0.0696. The van der Waals surface area contributed by atoms with Crippen LogP contribution < -0.4 is 5.32 Å². The van der Waals surface area contributed by atoms with Gasteiger partial charge in [-0.25, -0.2) is 14.6 Å². The molecule has 7 heteroatoms. The summed E-state index contributed by atoms with van der Waals surface area (Å²) in [7, 11) is 0. The van der Waals surface area contributed by atoms with Crippen LogP contribution in [0.1, 0.15) is 30.1 Å². The number of pyridine rings is 1. The van der Waals surface area contributed by atoms with Crippen molar-refractivity contribution in [1.29, 1.82) is 0 Å². The molecular formula is C14H19N3O4. The number of amides is 1. The lowest BCUT2D eigenvalue weighted by Crippen LogP contribution is -2.42. The standard InChI is InChI=1S/C14H19N3O4/c1-2-21-14(20)17-7-4-11(5-8-17)16-12-9-10(13(18)19)3-6-15-12/h3,6,9,11H,2,4-5,7-8H2,1H3,(H,15,16)(H,18,19). The Morgan fingerprint density at radius 2 is 2.19 bits per heavy atom. The lowest BCUT2D eigenvalue weighted by Gasteiger charge is -2.31. The number of aromatic carboxylic acids is 1. The Morgan fingerprint density at radius 1 is 1.48 bits per heavy atom. The number of piperidine rings is 1. The van der Waals surface area contributed by atoms with Gasteiger partial charge in [-0.1, -0.05) is 0 Å². The summed E-state index contributed by atoms with van der Waals surface area (Å²) in [6.07, 6.45) is 2.75. The molecule has 0 aliphatic carbocycles. The number of rotatable bonds is 4. The maximum atomic E-state index is 11.6. The Bertz CT molecular complexity index is 513. The average molecular weight is 293 g/mol. The molecule has 2 heterocycles. The maximum Gasteiger partial charge on any atom is 0.409 e. The molecule has 0 radical (unpaired) electrons. The van der Waals surface area contributed by atoms with E-state index in [1.165, 1.54) is 18.3 Å². The van der Waals surface area contributed by atoms with Crippen LogP contribution in [0.15, 0.2) is 18.3 Å². The molecule has 0 saturated carbocycles. The molecule has 0 aromatic carbocycles. The minimum absolute atomic E-state index is 0.173. The Labute approximate surface area is 122 Å². The van der Waals surface area contributed by atoms with E-state index in [-0.39, 0.29) is 17.7 Å². The number of carbonyl (C=O) groups is 2. The average Bonchev–Trinajstić information content (AvgIpc) is 2.48. The predicted octanol–water partition coefficient (Wildman–Crippen LogP) is 1.81. The third-order valence-electron chi connectivity index (χ3n) is 3.38. The van der Waals surface area contributed by atoms with E-state index in [1.807, 2.05) is 0 Å². The second-order valence-electron chi connectivity index (χ2n) is 4.84. The number of likely N-dealkylation sites (tertiary alicyclic amines) is 1. The molecule has 1 aromatic heterocycles. The molecule has 1 aliphatic rings. The minimum atomic E-state index is -0.974. The van der Waals surface area contributed by atoms with Crippen LogP contribution in [0.5, 0.6) is 0 Å². The number of carboxylic acid groups (broad SMARTS) is 1. The van der Waals surface area contributed by atoms with Gasteiger partial charge >= 0.3 is 12.1 Å². The first-order valence-electron chi connectivity index (χ1n) is 6.97. The van der Waals surface area contributed by atoms with Crippen molar-refractivity contribution < 1.29 is 19.4 Å². The third-order valence-corrected chi connectivity index (χ3v) is 3.38. The van der Waals surface area contributed by atoms with Gasteiger partial charge in [-0.3, -0.25) is 0 Å². The fourth-order valence-corrected chi connectivity index (χ4v) is 2.27. The zero-order valence-corrected chi connectivity index (χ0v) is 11.9. The van der Waals surface area contributed by atoms with Crippen molar-refractivity contribution in [3.05, 3.63) is 23.9 Å². The molecule has 1 fully saturated rings. The van der Waals surface area contributed by atoms with E-state index in [9.17, 15) is 9.59 Å². The number of ether oxygens (including phenoxy) is 1. The Morgan fingerprint density at radius 3 is 2.81 bits per heavy atom. The highest BCUT2D eigenvalue weighted by Gasteiger charge is 2.23. The van der Waals surface area contributed by atoms with Gasteiger partial charge in [0.05, 0.1) is 12.2 Å². The van der Waals surface area contributed by atoms with Crippen LogP contribution in [0.3, 0.4) is 0 Å². The molecule has 1 aromatic rings. The summed E-state index contributed by atoms with van der Waals surface area (Å²) in [4.78, 5) is 28.3. The van der Waals surface area contributed by atoms with Crippen molar-refractivity contribution in [2.75, 3.05) is 25.0 Å². The highest BCUT2D eigenvalue weighted by Crippen LogP contribution is 2.16. The van der Waals surface area contributed by atoms with Gasteiger partial charge in [-0.2, -0.15) is 0 Å². The van der Waals surface area contributed by atoms with Gasteiger partial charge in [0.2, 0.25) is 0 Å². The molecule has 1 aliphatic heterocycles. The van der Waals surface area contributed by atoms with Gasteiger partial charge in [0, 0.05) is 25.3 Å². The van der Waals surface area contributed by atoms with Crippen LogP contribution in [-0.2, 0) is 4.74 Å². The van der Waals surface area contributed by atoms with E-state index in [1.54, 1.807) is 11.8 Å². The van der Waals surface area contributed by atoms with Gasteiger partial charge in [-0.15, -0.1) is 0 Å². The molecule has 114 valence electrons. The van der Waals surface area contributed by atoms with Crippen molar-refractivity contribution in [3.8, 4) is 0 Å². The van der Waals surface area contributed by atoms with E-state index in [4.69, 9.17) is 9.84 Å². The number of nitrogens with one attached hydrogen (secondary N) is 1. The minimum Gasteiger partial charge on any atom is -0.478 e. The van der Waals surface area contributed by atoms with Gasteiger partial charge in [0.25, 0.3) is 0 Å². The second kappa shape index (κ2) is 6.92. The molecular weight excluding hydrogens is 274 g/mol. The molecule has 1 saturated heterocycles. The van der Waals surface area contributed by atoms with E-state index >= 15 is 0 Å². The number of hydrogen-bond donors (Lipinski definition) is 2. The van der Waals surface area contributed by atoms with Crippen LogP contribution in [-0.4, -0.2) is 52.8 Å². The quantitative estimate of drug-likeness (QED) is 0.879. The van der Waals surface area contributed by atoms with Crippen molar-refractivity contribution in [2.24, 2.45) is 0 Å². The number of carboxylic acids is 1. The molecule has 2 N–H and O–H groups in total. The summed E-state index contributed by atoms with van der Waals surface area (Å²) in [5, 5.41) is 12.2. The Balaban J connectivity index is 1.87. The van der Waals surface area contributed by atoms with Gasteiger partial charge in [0.15, 0.2) is 0 Å². The number of anilines is 1. The summed E-state index contributed by atoms with van der Waals surface area (Å²) < 4.78 is 4.97.